The lowest BCUT2D eigenvalue weighted by molar-refractivity contribution is -0.141. The van der Waals surface area contributed by atoms with Gasteiger partial charge in [0.1, 0.15) is 6.04 Å². The van der Waals surface area contributed by atoms with Crippen molar-refractivity contribution in [3.05, 3.63) is 47.8 Å². The van der Waals surface area contributed by atoms with Gasteiger partial charge in [-0.15, -0.1) is 0 Å². The number of amides is 1. The number of aromatic nitrogens is 2. The van der Waals surface area contributed by atoms with E-state index in [0.717, 1.165) is 17.7 Å². The van der Waals surface area contributed by atoms with Crippen LogP contribution in [0.15, 0.2) is 36.7 Å². The molecule has 1 aliphatic heterocycles. The summed E-state index contributed by atoms with van der Waals surface area (Å²) in [5.74, 6) is -1.16. The van der Waals surface area contributed by atoms with Crippen molar-refractivity contribution in [3.8, 4) is 5.69 Å². The molecule has 1 aromatic heterocycles. The molecule has 22 heavy (non-hydrogen) atoms. The van der Waals surface area contributed by atoms with Crippen LogP contribution in [0.25, 0.3) is 5.69 Å². The average Bonchev–Trinajstić information content (AvgIpc) is 3.17. The first-order chi connectivity index (χ1) is 10.6. The van der Waals surface area contributed by atoms with Gasteiger partial charge in [-0.05, 0) is 49.6 Å². The van der Waals surface area contributed by atoms with Gasteiger partial charge in [-0.3, -0.25) is 4.79 Å². The van der Waals surface area contributed by atoms with Gasteiger partial charge in [0.15, 0.2) is 0 Å². The zero-order valence-electron chi connectivity index (χ0n) is 12.3. The fourth-order valence-corrected chi connectivity index (χ4v) is 2.89. The van der Waals surface area contributed by atoms with Gasteiger partial charge in [-0.1, -0.05) is 0 Å². The quantitative estimate of drug-likeness (QED) is 0.938. The molecule has 114 valence electrons. The Morgan fingerprint density at radius 1 is 1.36 bits per heavy atom. The van der Waals surface area contributed by atoms with Crippen LogP contribution < -0.4 is 0 Å². The van der Waals surface area contributed by atoms with E-state index in [0.29, 0.717) is 18.5 Å². The Morgan fingerprint density at radius 3 is 2.82 bits per heavy atom. The third-order valence-corrected chi connectivity index (χ3v) is 3.99. The van der Waals surface area contributed by atoms with Gasteiger partial charge in [-0.2, -0.15) is 5.10 Å². The monoisotopic (exact) mass is 299 g/mol. The molecule has 1 N–H and O–H groups in total. The van der Waals surface area contributed by atoms with E-state index in [-0.39, 0.29) is 5.91 Å². The zero-order valence-corrected chi connectivity index (χ0v) is 12.3. The summed E-state index contributed by atoms with van der Waals surface area (Å²) in [6, 6.07) is 6.47. The lowest BCUT2D eigenvalue weighted by atomic mass is 10.1. The number of aryl methyl sites for hydroxylation is 1. The molecular weight excluding hydrogens is 282 g/mol. The Hall–Kier alpha value is -2.63. The van der Waals surface area contributed by atoms with Crippen LogP contribution in [-0.2, 0) is 4.79 Å². The molecule has 6 heteroatoms. The second-order valence-corrected chi connectivity index (χ2v) is 5.45. The number of benzene rings is 1. The van der Waals surface area contributed by atoms with Crippen LogP contribution in [0.2, 0.25) is 0 Å². The summed E-state index contributed by atoms with van der Waals surface area (Å²) in [6.07, 6.45) is 4.78. The molecule has 1 aromatic carbocycles. The van der Waals surface area contributed by atoms with E-state index in [1.54, 1.807) is 23.0 Å². The molecule has 0 bridgehead atoms. The topological polar surface area (TPSA) is 75.4 Å². The van der Waals surface area contributed by atoms with Crippen LogP contribution in [0.4, 0.5) is 0 Å². The average molecular weight is 299 g/mol. The summed E-state index contributed by atoms with van der Waals surface area (Å²) in [6.45, 7) is 2.40. The Morgan fingerprint density at radius 2 is 2.18 bits per heavy atom. The van der Waals surface area contributed by atoms with Crippen molar-refractivity contribution < 1.29 is 14.7 Å². The minimum Gasteiger partial charge on any atom is -0.480 e. The van der Waals surface area contributed by atoms with Gasteiger partial charge in [0, 0.05) is 24.5 Å². The molecule has 2 aromatic rings. The van der Waals surface area contributed by atoms with E-state index in [2.05, 4.69) is 5.10 Å². The predicted molar refractivity (Wildman–Crippen MR) is 80.0 cm³/mol. The first kappa shape index (κ1) is 14.3. The maximum absolute atomic E-state index is 12.6. The molecule has 2 heterocycles. The molecule has 0 radical (unpaired) electrons. The molecule has 0 saturated carbocycles. The van der Waals surface area contributed by atoms with Crippen molar-refractivity contribution in [2.75, 3.05) is 6.54 Å². The highest BCUT2D eigenvalue weighted by molar-refractivity contribution is 5.97. The molecule has 1 fully saturated rings. The van der Waals surface area contributed by atoms with Crippen molar-refractivity contribution in [1.29, 1.82) is 0 Å². The Balaban J connectivity index is 1.88. The fraction of sp³-hybridized carbons (Fsp3) is 0.312. The molecule has 1 aliphatic rings. The van der Waals surface area contributed by atoms with Gasteiger partial charge in [0.05, 0.1) is 5.69 Å². The van der Waals surface area contributed by atoms with E-state index in [4.69, 9.17) is 0 Å². The summed E-state index contributed by atoms with van der Waals surface area (Å²) in [7, 11) is 0. The Bertz CT molecular complexity index is 709. The number of hydrogen-bond acceptors (Lipinski definition) is 3. The van der Waals surface area contributed by atoms with Crippen molar-refractivity contribution in [1.82, 2.24) is 14.7 Å². The van der Waals surface area contributed by atoms with Crippen LogP contribution in [0.3, 0.4) is 0 Å². The van der Waals surface area contributed by atoms with Gasteiger partial charge in [-0.25, -0.2) is 9.48 Å². The maximum atomic E-state index is 12.6. The van der Waals surface area contributed by atoms with Crippen LogP contribution in [0.1, 0.15) is 28.8 Å². The van der Waals surface area contributed by atoms with Crippen molar-refractivity contribution >= 4 is 11.9 Å². The van der Waals surface area contributed by atoms with E-state index >= 15 is 0 Å². The first-order valence-corrected chi connectivity index (χ1v) is 7.22. The summed E-state index contributed by atoms with van der Waals surface area (Å²) in [4.78, 5) is 25.2. The standard InChI is InChI=1S/C16H17N3O3/c1-11-10-12(5-6-13(11)19-9-3-7-17-19)15(20)18-8-2-4-14(18)16(21)22/h3,5-7,9-10,14H,2,4,8H2,1H3,(H,21,22). The number of rotatable bonds is 3. The second kappa shape index (κ2) is 5.63. The summed E-state index contributed by atoms with van der Waals surface area (Å²) >= 11 is 0. The normalized spacial score (nSPS) is 17.7. The number of hydrogen-bond donors (Lipinski definition) is 1. The van der Waals surface area contributed by atoms with E-state index in [1.807, 2.05) is 25.3 Å². The Kier molecular flexibility index (Phi) is 3.66. The van der Waals surface area contributed by atoms with Gasteiger partial charge < -0.3 is 10.0 Å². The maximum Gasteiger partial charge on any atom is 0.326 e. The van der Waals surface area contributed by atoms with Gasteiger partial charge in [0.2, 0.25) is 0 Å². The van der Waals surface area contributed by atoms with Crippen LogP contribution in [-0.4, -0.2) is 44.3 Å². The third kappa shape index (κ3) is 2.47. The highest BCUT2D eigenvalue weighted by Crippen LogP contribution is 2.22. The molecular formula is C16H17N3O3. The minimum absolute atomic E-state index is 0.222. The number of carboxylic acids is 1. The zero-order chi connectivity index (χ0) is 15.7. The number of carbonyl (C=O) groups excluding carboxylic acids is 1. The lowest BCUT2D eigenvalue weighted by Crippen LogP contribution is -2.40. The SMILES string of the molecule is Cc1cc(C(=O)N2CCCC2C(=O)O)ccc1-n1cccn1. The molecule has 1 saturated heterocycles. The molecule has 1 amide bonds. The molecule has 0 aliphatic carbocycles. The smallest absolute Gasteiger partial charge is 0.326 e. The first-order valence-electron chi connectivity index (χ1n) is 7.22. The largest absolute Gasteiger partial charge is 0.480 e. The van der Waals surface area contributed by atoms with Crippen molar-refractivity contribution in [3.63, 3.8) is 0 Å². The summed E-state index contributed by atoms with van der Waals surface area (Å²) in [5, 5.41) is 13.4. The highest BCUT2D eigenvalue weighted by Gasteiger charge is 2.34. The molecule has 3 rings (SSSR count). The number of aliphatic carboxylic acids is 1. The number of carbonyl (C=O) groups is 2. The number of nitrogens with zero attached hydrogens (tertiary/aromatic N) is 3. The molecule has 1 atom stereocenters. The molecule has 1 unspecified atom stereocenters. The van der Waals surface area contributed by atoms with Gasteiger partial charge in [0.25, 0.3) is 5.91 Å². The highest BCUT2D eigenvalue weighted by atomic mass is 16.4. The van der Waals surface area contributed by atoms with Crippen LogP contribution in [0.5, 0.6) is 0 Å². The van der Waals surface area contributed by atoms with Crippen LogP contribution >= 0.6 is 0 Å². The lowest BCUT2D eigenvalue weighted by Gasteiger charge is -2.22. The van der Waals surface area contributed by atoms with E-state index in [9.17, 15) is 14.7 Å². The van der Waals surface area contributed by atoms with Crippen LogP contribution in [0, 0.1) is 6.92 Å². The second-order valence-electron chi connectivity index (χ2n) is 5.45. The third-order valence-electron chi connectivity index (χ3n) is 3.99. The van der Waals surface area contributed by atoms with Crippen molar-refractivity contribution in [2.45, 2.75) is 25.8 Å². The minimum atomic E-state index is -0.935. The van der Waals surface area contributed by atoms with E-state index in [1.165, 1.54) is 4.90 Å². The molecule has 6 nitrogen and oxygen atoms in total. The number of likely N-dealkylation sites (tertiary alicyclic amines) is 1. The van der Waals surface area contributed by atoms with E-state index < -0.39 is 12.0 Å². The fourth-order valence-electron chi connectivity index (χ4n) is 2.89. The van der Waals surface area contributed by atoms with Crippen molar-refractivity contribution in [2.24, 2.45) is 0 Å². The summed E-state index contributed by atoms with van der Waals surface area (Å²) in [5.41, 5.74) is 2.33. The summed E-state index contributed by atoms with van der Waals surface area (Å²) < 4.78 is 1.74. The molecule has 0 spiro atoms. The Labute approximate surface area is 128 Å². The van der Waals surface area contributed by atoms with Gasteiger partial charge >= 0.3 is 5.97 Å². The number of carboxylic acid groups (broad SMARTS) is 1. The predicted octanol–water partition coefficient (Wildman–Crippen LogP) is 1.87.